The Morgan fingerprint density at radius 1 is 1.58 bits per heavy atom. The van der Waals surface area contributed by atoms with E-state index in [4.69, 9.17) is 4.74 Å². The van der Waals surface area contributed by atoms with Gasteiger partial charge in [0.1, 0.15) is 5.82 Å². The third kappa shape index (κ3) is 2.21. The molecule has 0 spiro atoms. The molecule has 19 heavy (non-hydrogen) atoms. The first kappa shape index (κ1) is 12.2. The number of nitrogens with one attached hydrogen (secondary N) is 1. The molecule has 0 aliphatic carbocycles. The molecule has 0 saturated carbocycles. The number of rotatable bonds is 3. The van der Waals surface area contributed by atoms with E-state index in [1.165, 1.54) is 13.5 Å². The number of methoxy groups -OCH3 is 1. The Kier molecular flexibility index (Phi) is 3.21. The Bertz CT molecular complexity index is 600. The first-order valence-electron chi connectivity index (χ1n) is 6.57. The maximum Gasteiger partial charge on any atom is 0.358 e. The maximum absolute atomic E-state index is 11.8. The summed E-state index contributed by atoms with van der Waals surface area (Å²) in [5.74, 6) is 0.532. The molecule has 1 atom stereocenters. The quantitative estimate of drug-likeness (QED) is 0.847. The molecule has 1 N–H and O–H groups in total. The van der Waals surface area contributed by atoms with Gasteiger partial charge < -0.3 is 14.5 Å². The van der Waals surface area contributed by atoms with Crippen molar-refractivity contribution in [2.24, 2.45) is 0 Å². The van der Waals surface area contributed by atoms with Crippen LogP contribution in [0.25, 0.3) is 5.52 Å². The van der Waals surface area contributed by atoms with Crippen molar-refractivity contribution in [1.82, 2.24) is 14.7 Å². The Hall–Kier alpha value is -1.88. The zero-order valence-electron chi connectivity index (χ0n) is 10.9. The van der Waals surface area contributed by atoms with Gasteiger partial charge in [-0.05, 0) is 31.5 Å². The van der Waals surface area contributed by atoms with E-state index in [1.54, 1.807) is 0 Å². The van der Waals surface area contributed by atoms with Gasteiger partial charge in [-0.1, -0.05) is 6.07 Å². The van der Waals surface area contributed by atoms with Crippen LogP contribution in [-0.2, 0) is 11.2 Å². The van der Waals surface area contributed by atoms with Crippen LogP contribution in [-0.4, -0.2) is 35.1 Å². The molecular formula is C14H17N3O2. The van der Waals surface area contributed by atoms with E-state index in [-0.39, 0.29) is 5.97 Å². The summed E-state index contributed by atoms with van der Waals surface area (Å²) in [4.78, 5) is 16.2. The van der Waals surface area contributed by atoms with Crippen molar-refractivity contribution >= 4 is 11.5 Å². The summed E-state index contributed by atoms with van der Waals surface area (Å²) in [7, 11) is 1.38. The van der Waals surface area contributed by atoms with Gasteiger partial charge in [-0.3, -0.25) is 0 Å². The van der Waals surface area contributed by atoms with Crippen molar-refractivity contribution in [3.8, 4) is 0 Å². The second-order valence-corrected chi connectivity index (χ2v) is 4.82. The predicted molar refractivity (Wildman–Crippen MR) is 71.3 cm³/mol. The molecule has 0 radical (unpaired) electrons. The lowest BCUT2D eigenvalue weighted by Gasteiger charge is -2.08. The highest BCUT2D eigenvalue weighted by molar-refractivity contribution is 5.95. The van der Waals surface area contributed by atoms with Gasteiger partial charge in [0.2, 0.25) is 0 Å². The van der Waals surface area contributed by atoms with Crippen LogP contribution in [0.15, 0.2) is 24.4 Å². The van der Waals surface area contributed by atoms with Gasteiger partial charge in [-0.15, -0.1) is 0 Å². The molecule has 1 unspecified atom stereocenters. The van der Waals surface area contributed by atoms with Gasteiger partial charge in [-0.25, -0.2) is 9.78 Å². The van der Waals surface area contributed by atoms with Crippen molar-refractivity contribution in [1.29, 1.82) is 0 Å². The third-order valence-corrected chi connectivity index (χ3v) is 3.59. The number of hydrogen-bond donors (Lipinski definition) is 1. The summed E-state index contributed by atoms with van der Waals surface area (Å²) in [5, 5.41) is 3.45. The minimum absolute atomic E-state index is 0.380. The summed E-state index contributed by atoms with van der Waals surface area (Å²) in [6.45, 7) is 1.07. The maximum atomic E-state index is 11.8. The Morgan fingerprint density at radius 3 is 3.21 bits per heavy atom. The molecule has 100 valence electrons. The number of carbonyl (C=O) groups is 1. The predicted octanol–water partition coefficient (Wildman–Crippen LogP) is 1.42. The van der Waals surface area contributed by atoms with Crippen LogP contribution in [0.1, 0.15) is 29.2 Å². The van der Waals surface area contributed by atoms with Gasteiger partial charge in [-0.2, -0.15) is 0 Å². The monoisotopic (exact) mass is 259 g/mol. The van der Waals surface area contributed by atoms with Gasteiger partial charge in [0.15, 0.2) is 5.69 Å². The standard InChI is InChI=1S/C14H17N3O2/c1-19-14(18)13-11-6-2-3-8-17(11)12(16-13)9-10-5-4-7-15-10/h2-3,6,8,10,15H,4-5,7,9H2,1H3. The van der Waals surface area contributed by atoms with E-state index in [1.807, 2.05) is 28.8 Å². The van der Waals surface area contributed by atoms with Crippen molar-refractivity contribution < 1.29 is 9.53 Å². The summed E-state index contributed by atoms with van der Waals surface area (Å²) >= 11 is 0. The van der Waals surface area contributed by atoms with E-state index in [0.29, 0.717) is 11.7 Å². The molecule has 1 fully saturated rings. The zero-order chi connectivity index (χ0) is 13.2. The molecule has 0 amide bonds. The summed E-state index contributed by atoms with van der Waals surface area (Å²) in [6.07, 6.45) is 5.15. The zero-order valence-corrected chi connectivity index (χ0v) is 10.9. The number of imidazole rings is 1. The lowest BCUT2D eigenvalue weighted by molar-refractivity contribution is 0.0597. The van der Waals surface area contributed by atoms with E-state index in [0.717, 1.165) is 30.7 Å². The van der Waals surface area contributed by atoms with Crippen LogP contribution in [0.3, 0.4) is 0 Å². The first-order valence-corrected chi connectivity index (χ1v) is 6.57. The number of nitrogens with zero attached hydrogens (tertiary/aromatic N) is 2. The third-order valence-electron chi connectivity index (χ3n) is 3.59. The van der Waals surface area contributed by atoms with Gasteiger partial charge in [0.05, 0.1) is 12.6 Å². The molecule has 3 heterocycles. The van der Waals surface area contributed by atoms with E-state index in [9.17, 15) is 4.79 Å². The number of aromatic nitrogens is 2. The van der Waals surface area contributed by atoms with Crippen molar-refractivity contribution in [2.45, 2.75) is 25.3 Å². The van der Waals surface area contributed by atoms with Crippen LogP contribution >= 0.6 is 0 Å². The molecule has 1 aliphatic rings. The highest BCUT2D eigenvalue weighted by atomic mass is 16.5. The lowest BCUT2D eigenvalue weighted by Crippen LogP contribution is -2.24. The second kappa shape index (κ2) is 5.01. The molecule has 2 aromatic rings. The van der Waals surface area contributed by atoms with Crippen molar-refractivity contribution in [3.05, 3.63) is 35.9 Å². The first-order chi connectivity index (χ1) is 9.29. The lowest BCUT2D eigenvalue weighted by atomic mass is 10.1. The Morgan fingerprint density at radius 2 is 2.47 bits per heavy atom. The number of hydrogen-bond acceptors (Lipinski definition) is 4. The number of ether oxygens (including phenoxy) is 1. The fourth-order valence-electron chi connectivity index (χ4n) is 2.64. The highest BCUT2D eigenvalue weighted by Gasteiger charge is 2.21. The fraction of sp³-hybridized carbons (Fsp3) is 0.429. The average Bonchev–Trinajstić information content (AvgIpc) is 3.07. The second-order valence-electron chi connectivity index (χ2n) is 4.82. The molecule has 1 aliphatic heterocycles. The number of carbonyl (C=O) groups excluding carboxylic acids is 1. The van der Waals surface area contributed by atoms with E-state index < -0.39 is 0 Å². The normalized spacial score (nSPS) is 18.9. The van der Waals surface area contributed by atoms with Crippen LogP contribution < -0.4 is 5.32 Å². The van der Waals surface area contributed by atoms with Gasteiger partial charge >= 0.3 is 5.97 Å². The largest absolute Gasteiger partial charge is 0.464 e. The SMILES string of the molecule is COC(=O)c1nc(CC2CCCN2)n2ccccc12. The van der Waals surface area contributed by atoms with Crippen LogP contribution in [0.5, 0.6) is 0 Å². The van der Waals surface area contributed by atoms with E-state index in [2.05, 4.69) is 10.3 Å². The molecule has 0 aromatic carbocycles. The van der Waals surface area contributed by atoms with E-state index >= 15 is 0 Å². The number of pyridine rings is 1. The van der Waals surface area contributed by atoms with Crippen LogP contribution in [0.2, 0.25) is 0 Å². The summed E-state index contributed by atoms with van der Waals surface area (Å²) in [5.41, 5.74) is 1.21. The molecular weight excluding hydrogens is 242 g/mol. The fourth-order valence-corrected chi connectivity index (χ4v) is 2.64. The molecule has 2 aromatic heterocycles. The topological polar surface area (TPSA) is 55.6 Å². The molecule has 1 saturated heterocycles. The Balaban J connectivity index is 2.01. The highest BCUT2D eigenvalue weighted by Crippen LogP contribution is 2.17. The Labute approximate surface area is 111 Å². The number of esters is 1. The summed E-state index contributed by atoms with van der Waals surface area (Å²) < 4.78 is 6.78. The van der Waals surface area contributed by atoms with Crippen molar-refractivity contribution in [3.63, 3.8) is 0 Å². The molecule has 5 heteroatoms. The smallest absolute Gasteiger partial charge is 0.358 e. The minimum Gasteiger partial charge on any atom is -0.464 e. The average molecular weight is 259 g/mol. The molecule has 3 rings (SSSR count). The summed E-state index contributed by atoms with van der Waals surface area (Å²) in [6, 6.07) is 6.20. The van der Waals surface area contributed by atoms with Crippen LogP contribution in [0, 0.1) is 0 Å². The molecule has 0 bridgehead atoms. The minimum atomic E-state index is -0.380. The number of fused-ring (bicyclic) bond motifs is 1. The van der Waals surface area contributed by atoms with Gasteiger partial charge in [0.25, 0.3) is 0 Å². The van der Waals surface area contributed by atoms with Crippen LogP contribution in [0.4, 0.5) is 0 Å². The van der Waals surface area contributed by atoms with Gasteiger partial charge in [0, 0.05) is 18.7 Å². The van der Waals surface area contributed by atoms with Crippen molar-refractivity contribution in [2.75, 3.05) is 13.7 Å². The molecule has 5 nitrogen and oxygen atoms in total.